The van der Waals surface area contributed by atoms with Crippen molar-refractivity contribution < 1.29 is 19.0 Å². The second-order valence-corrected chi connectivity index (χ2v) is 5.53. The summed E-state index contributed by atoms with van der Waals surface area (Å²) >= 11 is 0. The number of hydrogen-bond donors (Lipinski definition) is 0. The average molecular weight is 328 g/mol. The van der Waals surface area contributed by atoms with E-state index < -0.39 is 6.16 Å². The van der Waals surface area contributed by atoms with Gasteiger partial charge in [-0.3, -0.25) is 0 Å². The van der Waals surface area contributed by atoms with Gasteiger partial charge in [0, 0.05) is 5.56 Å². The van der Waals surface area contributed by atoms with Crippen LogP contribution in [-0.2, 0) is 24.2 Å². The Morgan fingerprint density at radius 3 is 2.42 bits per heavy atom. The first-order chi connectivity index (χ1) is 11.6. The molecule has 24 heavy (non-hydrogen) atoms. The van der Waals surface area contributed by atoms with E-state index in [0.29, 0.717) is 12.4 Å². The Morgan fingerprint density at radius 1 is 1.04 bits per heavy atom. The molecule has 0 aliphatic carbocycles. The van der Waals surface area contributed by atoms with Crippen LogP contribution >= 0.6 is 0 Å². The van der Waals surface area contributed by atoms with Gasteiger partial charge >= 0.3 is 6.16 Å². The lowest BCUT2D eigenvalue weighted by molar-refractivity contribution is 0.120. The van der Waals surface area contributed by atoms with Crippen LogP contribution in [0.2, 0.25) is 0 Å². The van der Waals surface area contributed by atoms with Gasteiger partial charge in [-0.25, -0.2) is 4.79 Å². The highest BCUT2D eigenvalue weighted by atomic mass is 16.7. The van der Waals surface area contributed by atoms with E-state index in [1.165, 1.54) is 18.2 Å². The highest BCUT2D eigenvalue weighted by Crippen LogP contribution is 2.26. The number of ether oxygens (including phenoxy) is 3. The maximum atomic E-state index is 11.4. The van der Waals surface area contributed by atoms with Gasteiger partial charge in [0.05, 0.1) is 7.11 Å². The molecule has 0 heterocycles. The molecule has 0 amide bonds. The molecule has 0 saturated heterocycles. The Labute approximate surface area is 143 Å². The van der Waals surface area contributed by atoms with Crippen molar-refractivity contribution in [2.45, 2.75) is 40.2 Å². The minimum atomic E-state index is -0.729. The molecular weight excluding hydrogens is 304 g/mol. The zero-order chi connectivity index (χ0) is 17.5. The van der Waals surface area contributed by atoms with Crippen molar-refractivity contribution in [3.8, 4) is 11.5 Å². The molecule has 0 aliphatic rings. The van der Waals surface area contributed by atoms with Crippen LogP contribution in [0.1, 0.15) is 36.1 Å². The first kappa shape index (κ1) is 17.9. The summed E-state index contributed by atoms with van der Waals surface area (Å²) in [5, 5.41) is 0. The van der Waals surface area contributed by atoms with Crippen LogP contribution in [0.4, 0.5) is 4.79 Å². The Kier molecular flexibility index (Phi) is 6.24. The van der Waals surface area contributed by atoms with Crippen LogP contribution in [0.15, 0.2) is 36.4 Å². The van der Waals surface area contributed by atoms with Crippen molar-refractivity contribution in [1.82, 2.24) is 0 Å². The van der Waals surface area contributed by atoms with Crippen molar-refractivity contribution in [3.63, 3.8) is 0 Å². The standard InChI is InChI=1S/C20H24O4/c1-5-15-10-11-17(12-14(15)3)23-13-18-16(6-2)8-7-9-19(18)24-20(21)22-4/h7-12H,5-6,13H2,1-4H3. The number of carbonyl (C=O) groups excluding carboxylic acids is 1. The first-order valence-corrected chi connectivity index (χ1v) is 8.17. The molecule has 2 rings (SSSR count). The minimum absolute atomic E-state index is 0.335. The SMILES string of the molecule is CCc1ccc(OCc2c(CC)cccc2OC(=O)OC)cc1C. The fraction of sp³-hybridized carbons (Fsp3) is 0.350. The molecule has 4 nitrogen and oxygen atoms in total. The summed E-state index contributed by atoms with van der Waals surface area (Å²) in [5.41, 5.74) is 4.47. The van der Waals surface area contributed by atoms with E-state index in [-0.39, 0.29) is 0 Å². The van der Waals surface area contributed by atoms with Crippen molar-refractivity contribution in [1.29, 1.82) is 0 Å². The van der Waals surface area contributed by atoms with Gasteiger partial charge in [-0.15, -0.1) is 0 Å². The molecule has 0 aliphatic heterocycles. The molecule has 0 N–H and O–H groups in total. The maximum Gasteiger partial charge on any atom is 0.513 e. The predicted molar refractivity (Wildman–Crippen MR) is 93.7 cm³/mol. The Morgan fingerprint density at radius 2 is 1.79 bits per heavy atom. The highest BCUT2D eigenvalue weighted by Gasteiger charge is 2.13. The van der Waals surface area contributed by atoms with Gasteiger partial charge in [0.15, 0.2) is 0 Å². The summed E-state index contributed by atoms with van der Waals surface area (Å²) in [5.74, 6) is 1.28. The van der Waals surface area contributed by atoms with Crippen molar-refractivity contribution in [2.24, 2.45) is 0 Å². The smallest absolute Gasteiger partial charge is 0.489 e. The zero-order valence-electron chi connectivity index (χ0n) is 14.7. The molecule has 0 spiro atoms. The van der Waals surface area contributed by atoms with Gasteiger partial charge in [0.2, 0.25) is 0 Å². The van der Waals surface area contributed by atoms with Gasteiger partial charge in [0.25, 0.3) is 0 Å². The van der Waals surface area contributed by atoms with E-state index in [2.05, 4.69) is 31.6 Å². The number of benzene rings is 2. The van der Waals surface area contributed by atoms with Crippen LogP contribution in [0.3, 0.4) is 0 Å². The van der Waals surface area contributed by atoms with Crippen LogP contribution < -0.4 is 9.47 Å². The van der Waals surface area contributed by atoms with Gasteiger partial charge in [-0.1, -0.05) is 32.0 Å². The summed E-state index contributed by atoms with van der Waals surface area (Å²) in [6.45, 7) is 6.61. The second-order valence-electron chi connectivity index (χ2n) is 5.53. The molecule has 0 aromatic heterocycles. The van der Waals surface area contributed by atoms with Crippen LogP contribution in [0.25, 0.3) is 0 Å². The summed E-state index contributed by atoms with van der Waals surface area (Å²) in [6, 6.07) is 11.7. The predicted octanol–water partition coefficient (Wildman–Crippen LogP) is 4.84. The van der Waals surface area contributed by atoms with Crippen molar-refractivity contribution in [3.05, 3.63) is 58.7 Å². The molecule has 128 valence electrons. The lowest BCUT2D eigenvalue weighted by Crippen LogP contribution is -2.11. The molecule has 0 bridgehead atoms. The number of carbonyl (C=O) groups is 1. The normalized spacial score (nSPS) is 10.3. The minimum Gasteiger partial charge on any atom is -0.489 e. The third kappa shape index (κ3) is 4.28. The lowest BCUT2D eigenvalue weighted by Gasteiger charge is -2.15. The quantitative estimate of drug-likeness (QED) is 0.562. The summed E-state index contributed by atoms with van der Waals surface area (Å²) in [7, 11) is 1.29. The summed E-state index contributed by atoms with van der Waals surface area (Å²) in [4.78, 5) is 11.4. The molecule has 0 fully saturated rings. The van der Waals surface area contributed by atoms with E-state index in [9.17, 15) is 4.79 Å². The monoisotopic (exact) mass is 328 g/mol. The molecule has 0 atom stereocenters. The highest BCUT2D eigenvalue weighted by molar-refractivity contribution is 5.64. The van der Waals surface area contributed by atoms with Crippen LogP contribution in [0, 0.1) is 6.92 Å². The largest absolute Gasteiger partial charge is 0.513 e. The molecule has 2 aromatic carbocycles. The molecule has 4 heteroatoms. The molecule has 0 unspecified atom stereocenters. The fourth-order valence-corrected chi connectivity index (χ4v) is 2.64. The van der Waals surface area contributed by atoms with Crippen LogP contribution in [-0.4, -0.2) is 13.3 Å². The average Bonchev–Trinajstić information content (AvgIpc) is 2.60. The third-order valence-corrected chi connectivity index (χ3v) is 4.05. The molecular formula is C20H24O4. The van der Waals surface area contributed by atoms with E-state index in [4.69, 9.17) is 9.47 Å². The van der Waals surface area contributed by atoms with E-state index in [1.54, 1.807) is 6.07 Å². The molecule has 0 radical (unpaired) electrons. The van der Waals surface area contributed by atoms with E-state index >= 15 is 0 Å². The maximum absolute atomic E-state index is 11.4. The summed E-state index contributed by atoms with van der Waals surface area (Å²) < 4.78 is 15.8. The zero-order valence-corrected chi connectivity index (χ0v) is 14.7. The van der Waals surface area contributed by atoms with E-state index in [1.807, 2.05) is 24.3 Å². The fourth-order valence-electron chi connectivity index (χ4n) is 2.64. The van der Waals surface area contributed by atoms with Gasteiger partial charge in [0.1, 0.15) is 18.1 Å². The van der Waals surface area contributed by atoms with Crippen molar-refractivity contribution in [2.75, 3.05) is 7.11 Å². The van der Waals surface area contributed by atoms with Gasteiger partial charge < -0.3 is 14.2 Å². The Bertz CT molecular complexity index is 707. The van der Waals surface area contributed by atoms with Gasteiger partial charge in [-0.2, -0.15) is 0 Å². The Balaban J connectivity index is 2.21. The number of hydrogen-bond acceptors (Lipinski definition) is 4. The van der Waals surface area contributed by atoms with Crippen molar-refractivity contribution >= 4 is 6.16 Å². The second kappa shape index (κ2) is 8.39. The number of methoxy groups -OCH3 is 1. The molecule has 0 saturated carbocycles. The lowest BCUT2D eigenvalue weighted by atomic mass is 10.0. The topological polar surface area (TPSA) is 44.8 Å². The summed E-state index contributed by atoms with van der Waals surface area (Å²) in [6.07, 6.45) is 1.10. The first-order valence-electron chi connectivity index (χ1n) is 8.17. The Hall–Kier alpha value is -2.49. The molecule has 2 aromatic rings. The third-order valence-electron chi connectivity index (χ3n) is 4.05. The van der Waals surface area contributed by atoms with Gasteiger partial charge in [-0.05, 0) is 54.7 Å². The van der Waals surface area contributed by atoms with E-state index in [0.717, 1.165) is 29.7 Å². The number of aryl methyl sites for hydroxylation is 3. The van der Waals surface area contributed by atoms with Crippen LogP contribution in [0.5, 0.6) is 11.5 Å². The number of rotatable bonds is 6.